The zero-order chi connectivity index (χ0) is 12.4. The number of rotatable bonds is 3. The molecule has 0 fully saturated rings. The Morgan fingerprint density at radius 1 is 1.53 bits per heavy atom. The van der Waals surface area contributed by atoms with Gasteiger partial charge in [0.25, 0.3) is 0 Å². The standard InChI is InChI=1S/C11H8BrNO4/c1-16-8-4-2-3-6(10(8)12)7-5-9(11(14)15)17-13-7/h2-5H,1H3,(H,14,15). The van der Waals surface area contributed by atoms with Gasteiger partial charge in [0.05, 0.1) is 11.6 Å². The summed E-state index contributed by atoms with van der Waals surface area (Å²) in [7, 11) is 1.55. The minimum atomic E-state index is -1.15. The maximum Gasteiger partial charge on any atom is 0.374 e. The number of ether oxygens (including phenoxy) is 1. The van der Waals surface area contributed by atoms with E-state index in [1.54, 1.807) is 25.3 Å². The number of hydrogen-bond acceptors (Lipinski definition) is 4. The van der Waals surface area contributed by atoms with Crippen molar-refractivity contribution in [2.45, 2.75) is 0 Å². The quantitative estimate of drug-likeness (QED) is 0.943. The molecule has 2 rings (SSSR count). The van der Waals surface area contributed by atoms with Gasteiger partial charge in [-0.3, -0.25) is 0 Å². The number of aromatic carboxylic acids is 1. The average molecular weight is 298 g/mol. The minimum absolute atomic E-state index is 0.199. The van der Waals surface area contributed by atoms with E-state index in [1.807, 2.05) is 0 Å². The summed E-state index contributed by atoms with van der Waals surface area (Å²) in [6.45, 7) is 0. The summed E-state index contributed by atoms with van der Waals surface area (Å²) in [5.41, 5.74) is 1.15. The van der Waals surface area contributed by atoms with Crippen molar-refractivity contribution in [2.24, 2.45) is 0 Å². The number of hydrogen-bond donors (Lipinski definition) is 1. The van der Waals surface area contributed by atoms with Crippen LogP contribution in [-0.4, -0.2) is 23.3 Å². The minimum Gasteiger partial charge on any atom is -0.496 e. The first-order chi connectivity index (χ1) is 8.13. The fraction of sp³-hybridized carbons (Fsp3) is 0.0909. The molecule has 1 heterocycles. The normalized spacial score (nSPS) is 10.2. The van der Waals surface area contributed by atoms with Crippen molar-refractivity contribution in [1.82, 2.24) is 5.16 Å². The molecule has 0 bridgehead atoms. The monoisotopic (exact) mass is 297 g/mol. The zero-order valence-corrected chi connectivity index (χ0v) is 10.4. The van der Waals surface area contributed by atoms with E-state index in [4.69, 9.17) is 14.4 Å². The highest BCUT2D eigenvalue weighted by atomic mass is 79.9. The van der Waals surface area contributed by atoms with Gasteiger partial charge in [0.2, 0.25) is 5.76 Å². The Bertz CT molecular complexity index is 564. The lowest BCUT2D eigenvalue weighted by molar-refractivity contribution is 0.0652. The van der Waals surface area contributed by atoms with E-state index >= 15 is 0 Å². The first-order valence-electron chi connectivity index (χ1n) is 4.66. The van der Waals surface area contributed by atoms with E-state index < -0.39 is 5.97 Å². The molecular weight excluding hydrogens is 290 g/mol. The van der Waals surface area contributed by atoms with Gasteiger partial charge in [-0.2, -0.15) is 0 Å². The predicted molar refractivity (Wildman–Crippen MR) is 63.2 cm³/mol. The third-order valence-electron chi connectivity index (χ3n) is 2.18. The topological polar surface area (TPSA) is 72.6 Å². The van der Waals surface area contributed by atoms with E-state index in [0.29, 0.717) is 21.5 Å². The van der Waals surface area contributed by atoms with Crippen LogP contribution in [0.15, 0.2) is 33.3 Å². The molecule has 88 valence electrons. The highest BCUT2D eigenvalue weighted by Crippen LogP contribution is 2.34. The molecule has 0 saturated carbocycles. The van der Waals surface area contributed by atoms with E-state index in [0.717, 1.165) is 0 Å². The lowest BCUT2D eigenvalue weighted by Gasteiger charge is -2.05. The van der Waals surface area contributed by atoms with Crippen LogP contribution < -0.4 is 4.74 Å². The fourth-order valence-corrected chi connectivity index (χ4v) is 2.00. The Balaban J connectivity index is 2.49. The van der Waals surface area contributed by atoms with E-state index in [2.05, 4.69) is 21.1 Å². The molecule has 0 radical (unpaired) electrons. The predicted octanol–water partition coefficient (Wildman–Crippen LogP) is 2.81. The van der Waals surface area contributed by atoms with Gasteiger partial charge >= 0.3 is 5.97 Å². The fourth-order valence-electron chi connectivity index (χ4n) is 1.37. The van der Waals surface area contributed by atoms with Crippen molar-refractivity contribution in [2.75, 3.05) is 7.11 Å². The third-order valence-corrected chi connectivity index (χ3v) is 3.00. The SMILES string of the molecule is COc1cccc(-c2cc(C(=O)O)on2)c1Br. The maximum absolute atomic E-state index is 10.7. The van der Waals surface area contributed by atoms with Crippen LogP contribution in [0.1, 0.15) is 10.6 Å². The Morgan fingerprint density at radius 2 is 2.29 bits per heavy atom. The van der Waals surface area contributed by atoms with Gasteiger partial charge in [0, 0.05) is 11.6 Å². The van der Waals surface area contributed by atoms with E-state index in [9.17, 15) is 4.79 Å². The molecule has 17 heavy (non-hydrogen) atoms. The Morgan fingerprint density at radius 3 is 2.88 bits per heavy atom. The number of carboxylic acid groups (broad SMARTS) is 1. The van der Waals surface area contributed by atoms with Crippen molar-refractivity contribution in [3.8, 4) is 17.0 Å². The van der Waals surface area contributed by atoms with Gasteiger partial charge in [-0.05, 0) is 22.0 Å². The molecule has 0 aliphatic rings. The average Bonchev–Trinajstić information content (AvgIpc) is 2.78. The smallest absolute Gasteiger partial charge is 0.374 e. The number of halogens is 1. The van der Waals surface area contributed by atoms with E-state index in [1.165, 1.54) is 6.07 Å². The van der Waals surface area contributed by atoms with E-state index in [-0.39, 0.29) is 5.76 Å². The molecule has 0 amide bonds. The van der Waals surface area contributed by atoms with Gasteiger partial charge in [0.15, 0.2) is 0 Å². The van der Waals surface area contributed by atoms with Crippen molar-refractivity contribution >= 4 is 21.9 Å². The van der Waals surface area contributed by atoms with Crippen LogP contribution >= 0.6 is 15.9 Å². The molecule has 1 aromatic carbocycles. The Kier molecular flexibility index (Phi) is 3.14. The molecule has 0 saturated heterocycles. The molecule has 6 heteroatoms. The summed E-state index contributed by atoms with van der Waals surface area (Å²) in [5, 5.41) is 12.4. The second-order valence-electron chi connectivity index (χ2n) is 3.20. The van der Waals surface area contributed by atoms with Crippen LogP contribution in [-0.2, 0) is 0 Å². The van der Waals surface area contributed by atoms with Crippen LogP contribution in [0.2, 0.25) is 0 Å². The summed E-state index contributed by atoms with van der Waals surface area (Å²) < 4.78 is 10.5. The number of methoxy groups -OCH3 is 1. The summed E-state index contributed by atoms with van der Waals surface area (Å²) in [6, 6.07) is 6.72. The number of carboxylic acids is 1. The molecule has 0 atom stereocenters. The molecule has 0 unspecified atom stereocenters. The number of aromatic nitrogens is 1. The second kappa shape index (κ2) is 4.58. The molecular formula is C11H8BrNO4. The summed E-state index contributed by atoms with van der Waals surface area (Å²) in [5.74, 6) is -0.708. The van der Waals surface area contributed by atoms with Gasteiger partial charge in [-0.15, -0.1) is 0 Å². The van der Waals surface area contributed by atoms with Crippen LogP contribution in [0.5, 0.6) is 5.75 Å². The van der Waals surface area contributed by atoms with Crippen LogP contribution in [0.25, 0.3) is 11.3 Å². The lowest BCUT2D eigenvalue weighted by Crippen LogP contribution is -1.91. The molecule has 0 spiro atoms. The largest absolute Gasteiger partial charge is 0.496 e. The zero-order valence-electron chi connectivity index (χ0n) is 8.81. The number of nitrogens with zero attached hydrogens (tertiary/aromatic N) is 1. The van der Waals surface area contributed by atoms with Crippen LogP contribution in [0.4, 0.5) is 0 Å². The van der Waals surface area contributed by atoms with Crippen LogP contribution in [0.3, 0.4) is 0 Å². The van der Waals surface area contributed by atoms with Crippen molar-refractivity contribution in [3.05, 3.63) is 34.5 Å². The molecule has 0 aliphatic carbocycles. The van der Waals surface area contributed by atoms with Crippen molar-refractivity contribution in [1.29, 1.82) is 0 Å². The summed E-state index contributed by atoms with van der Waals surface area (Å²) in [4.78, 5) is 10.7. The molecule has 2 aromatic rings. The first kappa shape index (κ1) is 11.7. The maximum atomic E-state index is 10.7. The van der Waals surface area contributed by atoms with Gasteiger partial charge in [-0.1, -0.05) is 17.3 Å². The van der Waals surface area contributed by atoms with Gasteiger partial charge in [0.1, 0.15) is 11.4 Å². The van der Waals surface area contributed by atoms with Crippen LogP contribution in [0, 0.1) is 0 Å². The van der Waals surface area contributed by atoms with Gasteiger partial charge < -0.3 is 14.4 Å². The number of benzene rings is 1. The summed E-state index contributed by atoms with van der Waals surface area (Å²) >= 11 is 3.37. The molecule has 5 nitrogen and oxygen atoms in total. The first-order valence-corrected chi connectivity index (χ1v) is 5.45. The number of carbonyl (C=O) groups is 1. The molecule has 0 aliphatic heterocycles. The lowest BCUT2D eigenvalue weighted by atomic mass is 10.1. The molecule has 1 aromatic heterocycles. The van der Waals surface area contributed by atoms with Crippen molar-refractivity contribution in [3.63, 3.8) is 0 Å². The van der Waals surface area contributed by atoms with Gasteiger partial charge in [-0.25, -0.2) is 4.79 Å². The Labute approximate surface area is 105 Å². The second-order valence-corrected chi connectivity index (χ2v) is 4.00. The highest BCUT2D eigenvalue weighted by Gasteiger charge is 2.15. The van der Waals surface area contributed by atoms with Crippen molar-refractivity contribution < 1.29 is 19.2 Å². The summed E-state index contributed by atoms with van der Waals surface area (Å²) in [6.07, 6.45) is 0. The highest BCUT2D eigenvalue weighted by molar-refractivity contribution is 9.10. The Hall–Kier alpha value is -1.82. The molecule has 1 N–H and O–H groups in total. The third kappa shape index (κ3) is 2.16.